The van der Waals surface area contributed by atoms with E-state index in [1.165, 1.54) is 26.6 Å². The number of hydrogen-bond acceptors (Lipinski definition) is 3. The van der Waals surface area contributed by atoms with E-state index in [0.29, 0.717) is 0 Å². The summed E-state index contributed by atoms with van der Waals surface area (Å²) in [6.45, 7) is 1.08. The topological polar surface area (TPSA) is 37.3 Å². The molecule has 0 atom stereocenters. The summed E-state index contributed by atoms with van der Waals surface area (Å²) in [6.07, 6.45) is 0. The van der Waals surface area contributed by atoms with Crippen LogP contribution in [0.5, 0.6) is 0 Å². The van der Waals surface area contributed by atoms with Crippen LogP contribution < -0.4 is 0 Å². The normalized spacial score (nSPS) is 5.89. The Bertz CT molecular complexity index is 165. The molecule has 0 amide bonds. The van der Waals surface area contributed by atoms with Crippen LogP contribution in [0.15, 0.2) is 0 Å². The Morgan fingerprint density at radius 2 is 1.67 bits per heavy atom. The lowest BCUT2D eigenvalue weighted by atomic mass is 10.9. The Morgan fingerprint density at radius 1 is 1.44 bits per heavy atom. The molecule has 0 saturated carbocycles. The standard InChI is InChI=1S/C2H4O2.S5/c1-2(3)4;1-3-5-4-2/h1H3,(H,3,4);. The van der Waals surface area contributed by atoms with Gasteiger partial charge < -0.3 is 5.11 Å². The molecule has 0 aliphatic carbocycles. The molecule has 0 spiro atoms. The van der Waals surface area contributed by atoms with Gasteiger partial charge in [-0.3, -0.25) is 4.79 Å². The maximum atomic E-state index is 9.00. The number of carboxylic acid groups (broad SMARTS) is 1. The van der Waals surface area contributed by atoms with Crippen LogP contribution in [-0.2, 0) is 53.8 Å². The number of rotatable bonds is 0. The van der Waals surface area contributed by atoms with E-state index < -0.39 is 5.97 Å². The zero-order chi connectivity index (χ0) is 7.70. The second-order valence-electron chi connectivity index (χ2n) is 0.723. The predicted octanol–water partition coefficient (Wildman–Crippen LogP) is 0.0789. The van der Waals surface area contributed by atoms with Crippen LogP contribution in [0.25, 0.3) is 0 Å². The summed E-state index contributed by atoms with van der Waals surface area (Å²) in [7, 11) is 3.95. The Hall–Kier alpha value is 0.570. The first kappa shape index (κ1) is 12.3. The summed E-state index contributed by atoms with van der Waals surface area (Å²) in [5.74, 6) is -0.833. The average Bonchev–Trinajstić information content (AvgIpc) is 1.66. The number of carbonyl (C=O) groups is 1. The summed E-state index contributed by atoms with van der Waals surface area (Å²) >= 11 is 8.89. The van der Waals surface area contributed by atoms with Gasteiger partial charge in [-0.15, -0.1) is 0 Å². The molecule has 0 fully saturated rings. The van der Waals surface area contributed by atoms with Crippen LogP contribution in [0.1, 0.15) is 6.92 Å². The molecule has 0 aliphatic rings. The molecule has 0 bridgehead atoms. The molecule has 54 valence electrons. The van der Waals surface area contributed by atoms with Crippen molar-refractivity contribution in [2.75, 3.05) is 0 Å². The fourth-order valence-corrected chi connectivity index (χ4v) is 2.76. The highest BCUT2D eigenvalue weighted by molar-refractivity contribution is 8.59. The van der Waals surface area contributed by atoms with Gasteiger partial charge in [-0.25, -0.2) is 0 Å². The lowest BCUT2D eigenvalue weighted by Crippen LogP contribution is -1.78. The zero-order valence-corrected chi connectivity index (χ0v) is 8.48. The molecule has 0 saturated heterocycles. The highest BCUT2D eigenvalue weighted by Crippen LogP contribution is 1.42. The SMILES string of the molecule is CC(=O)O.S=S=S=S=S. The molecule has 0 unspecified atom stereocenters. The molecule has 1 N–H and O–H groups in total. The van der Waals surface area contributed by atoms with Crippen LogP contribution in [0, 0.1) is 0 Å². The van der Waals surface area contributed by atoms with Crippen LogP contribution in [0.2, 0.25) is 0 Å². The van der Waals surface area contributed by atoms with Crippen molar-refractivity contribution < 1.29 is 9.90 Å². The smallest absolute Gasteiger partial charge is 0.300 e. The number of aliphatic carboxylic acids is 1. The maximum Gasteiger partial charge on any atom is 0.300 e. The zero-order valence-electron chi connectivity index (χ0n) is 4.40. The molecule has 0 aliphatic heterocycles. The van der Waals surface area contributed by atoms with E-state index in [0.717, 1.165) is 6.92 Å². The van der Waals surface area contributed by atoms with Crippen molar-refractivity contribution in [2.24, 2.45) is 0 Å². The maximum absolute atomic E-state index is 9.00. The fraction of sp³-hybridized carbons (Fsp3) is 0.500. The van der Waals surface area contributed by atoms with E-state index >= 15 is 0 Å². The van der Waals surface area contributed by atoms with Gasteiger partial charge in [0.05, 0.1) is 0 Å². The average molecular weight is 220 g/mol. The van der Waals surface area contributed by atoms with E-state index in [-0.39, 0.29) is 0 Å². The second-order valence-corrected chi connectivity index (χ2v) is 6.03. The second kappa shape index (κ2) is 11.4. The van der Waals surface area contributed by atoms with E-state index in [4.69, 9.17) is 9.90 Å². The monoisotopic (exact) mass is 220 g/mol. The third-order valence-corrected chi connectivity index (χ3v) is 4.50. The van der Waals surface area contributed by atoms with Gasteiger partial charge in [0.2, 0.25) is 0 Å². The molecule has 7 heteroatoms. The Balaban J connectivity index is 0. The van der Waals surface area contributed by atoms with Crippen molar-refractivity contribution in [2.45, 2.75) is 6.92 Å². The molecule has 0 heterocycles. The highest BCUT2D eigenvalue weighted by atomic mass is 33.3. The quantitative estimate of drug-likeness (QED) is 0.627. The van der Waals surface area contributed by atoms with Crippen molar-refractivity contribution in [1.82, 2.24) is 0 Å². The van der Waals surface area contributed by atoms with Crippen molar-refractivity contribution in [1.29, 1.82) is 0 Å². The van der Waals surface area contributed by atoms with E-state index in [2.05, 4.69) is 22.4 Å². The molecular formula is C2H4O2S5. The molecule has 0 aromatic heterocycles. The van der Waals surface area contributed by atoms with E-state index in [9.17, 15) is 0 Å². The number of hydrogen-bond donors (Lipinski definition) is 1. The van der Waals surface area contributed by atoms with E-state index in [1.54, 1.807) is 0 Å². The van der Waals surface area contributed by atoms with Crippen molar-refractivity contribution in [3.8, 4) is 0 Å². The minimum Gasteiger partial charge on any atom is -0.481 e. The Morgan fingerprint density at radius 3 is 1.67 bits per heavy atom. The summed E-state index contributed by atoms with van der Waals surface area (Å²) in [5, 5.41) is 7.42. The number of carboxylic acids is 1. The van der Waals surface area contributed by atoms with Crippen molar-refractivity contribution in [3.63, 3.8) is 0 Å². The van der Waals surface area contributed by atoms with Gasteiger partial charge in [0.25, 0.3) is 5.97 Å². The van der Waals surface area contributed by atoms with Crippen LogP contribution in [0.4, 0.5) is 0 Å². The first-order valence-electron chi connectivity index (χ1n) is 1.59. The minimum absolute atomic E-state index is 0.833. The molecule has 0 aromatic carbocycles. The van der Waals surface area contributed by atoms with Gasteiger partial charge in [0.1, 0.15) is 0 Å². The molecule has 0 radical (unpaired) electrons. The van der Waals surface area contributed by atoms with E-state index in [1.807, 2.05) is 0 Å². The molecular weight excluding hydrogens is 216 g/mol. The highest BCUT2D eigenvalue weighted by Gasteiger charge is 1.65. The van der Waals surface area contributed by atoms with Gasteiger partial charge in [0, 0.05) is 55.9 Å². The Labute approximate surface area is 71.6 Å². The molecule has 9 heavy (non-hydrogen) atoms. The van der Waals surface area contributed by atoms with Crippen molar-refractivity contribution in [3.05, 3.63) is 0 Å². The van der Waals surface area contributed by atoms with Gasteiger partial charge in [-0.2, -0.15) is 0 Å². The van der Waals surface area contributed by atoms with Gasteiger partial charge in [-0.05, 0) is 0 Å². The lowest BCUT2D eigenvalue weighted by molar-refractivity contribution is -0.134. The summed E-state index contributed by atoms with van der Waals surface area (Å²) in [6, 6.07) is 0. The largest absolute Gasteiger partial charge is 0.481 e. The first-order valence-corrected chi connectivity index (χ1v) is 6.93. The van der Waals surface area contributed by atoms with Crippen LogP contribution >= 0.6 is 0 Å². The van der Waals surface area contributed by atoms with Crippen LogP contribution in [-0.4, -0.2) is 11.1 Å². The lowest BCUT2D eigenvalue weighted by Gasteiger charge is -1.59. The molecule has 0 aromatic rings. The summed E-state index contributed by atoms with van der Waals surface area (Å²) in [4.78, 5) is 9.00. The Kier molecular flexibility index (Phi) is 15.5. The van der Waals surface area contributed by atoms with Gasteiger partial charge in [0.15, 0.2) is 0 Å². The third kappa shape index (κ3) is 56.0. The minimum atomic E-state index is -0.833. The first-order chi connectivity index (χ1) is 4.15. The summed E-state index contributed by atoms with van der Waals surface area (Å²) < 4.78 is 0. The summed E-state index contributed by atoms with van der Waals surface area (Å²) in [5.41, 5.74) is 0. The van der Waals surface area contributed by atoms with Gasteiger partial charge >= 0.3 is 0 Å². The molecule has 2 nitrogen and oxygen atoms in total. The van der Waals surface area contributed by atoms with Gasteiger partial charge in [-0.1, -0.05) is 0 Å². The predicted molar refractivity (Wildman–Crippen MR) is 50.1 cm³/mol. The third-order valence-electron chi connectivity index (χ3n) is 0.0556. The molecule has 0 rings (SSSR count). The fourth-order valence-electron chi connectivity index (χ4n) is 0.0113. The van der Waals surface area contributed by atoms with Crippen molar-refractivity contribution >= 4 is 55.0 Å². The van der Waals surface area contributed by atoms with Crippen LogP contribution in [0.3, 0.4) is 0 Å².